The molecule has 1 atom stereocenters. The molecule has 1 amide bonds. The number of hydrogen-bond acceptors (Lipinski definition) is 3. The number of nitrogen functional groups attached to an aromatic ring is 1. The molecule has 2 rings (SSSR count). The third-order valence-electron chi connectivity index (χ3n) is 4.23. The number of amides is 1. The topological polar surface area (TPSA) is 58.4 Å². The number of aryl methyl sites for hydroxylation is 2. The average Bonchev–Trinajstić information content (AvgIpc) is 3.23. The van der Waals surface area contributed by atoms with Crippen LogP contribution in [-0.2, 0) is 0 Å². The Morgan fingerprint density at radius 2 is 2.05 bits per heavy atom. The fourth-order valence-corrected chi connectivity index (χ4v) is 2.43. The van der Waals surface area contributed by atoms with Crippen molar-refractivity contribution in [3.8, 4) is 0 Å². The first-order chi connectivity index (χ1) is 9.40. The highest BCUT2D eigenvalue weighted by Gasteiger charge is 2.29. The minimum atomic E-state index is -0.0368. The third kappa shape index (κ3) is 3.31. The molecule has 1 aliphatic carbocycles. The highest BCUT2D eigenvalue weighted by molar-refractivity contribution is 5.96. The zero-order valence-corrected chi connectivity index (χ0v) is 12.9. The molecule has 0 saturated heterocycles. The van der Waals surface area contributed by atoms with Gasteiger partial charge in [0.15, 0.2) is 0 Å². The number of hydrogen-bond donors (Lipinski definition) is 2. The highest BCUT2D eigenvalue weighted by Crippen LogP contribution is 2.26. The van der Waals surface area contributed by atoms with Crippen molar-refractivity contribution in [2.75, 3.05) is 19.3 Å². The van der Waals surface area contributed by atoms with Crippen LogP contribution in [0.4, 0.5) is 5.69 Å². The first kappa shape index (κ1) is 14.9. The molecule has 1 aliphatic rings. The van der Waals surface area contributed by atoms with Crippen molar-refractivity contribution >= 4 is 11.6 Å². The molecule has 1 aromatic carbocycles. The fraction of sp³-hybridized carbons (Fsp3) is 0.562. The van der Waals surface area contributed by atoms with Crippen LogP contribution in [0.3, 0.4) is 0 Å². The maximum atomic E-state index is 12.3. The number of nitrogens with one attached hydrogen (secondary N) is 1. The van der Waals surface area contributed by atoms with Gasteiger partial charge in [0.1, 0.15) is 0 Å². The van der Waals surface area contributed by atoms with Crippen LogP contribution in [0.15, 0.2) is 12.1 Å². The lowest BCUT2D eigenvalue weighted by Gasteiger charge is -2.24. The van der Waals surface area contributed by atoms with Gasteiger partial charge in [-0.05, 0) is 57.9 Å². The molecule has 0 aliphatic heterocycles. The van der Waals surface area contributed by atoms with Crippen LogP contribution < -0.4 is 11.1 Å². The van der Waals surface area contributed by atoms with E-state index in [-0.39, 0.29) is 5.91 Å². The summed E-state index contributed by atoms with van der Waals surface area (Å²) in [4.78, 5) is 14.6. The second-order valence-electron chi connectivity index (χ2n) is 5.98. The Labute approximate surface area is 121 Å². The fourth-order valence-electron chi connectivity index (χ4n) is 2.43. The number of nitrogens with two attached hydrogens (primary N) is 1. The van der Waals surface area contributed by atoms with Crippen LogP contribution in [0.1, 0.15) is 41.3 Å². The van der Waals surface area contributed by atoms with Gasteiger partial charge in [-0.3, -0.25) is 9.69 Å². The summed E-state index contributed by atoms with van der Waals surface area (Å²) in [7, 11) is 2.13. The van der Waals surface area contributed by atoms with E-state index in [0.29, 0.717) is 29.9 Å². The number of nitrogens with zero attached hydrogens (tertiary/aromatic N) is 1. The van der Waals surface area contributed by atoms with Crippen LogP contribution in [0.5, 0.6) is 0 Å². The molecule has 3 N–H and O–H groups in total. The Morgan fingerprint density at radius 1 is 1.40 bits per heavy atom. The molecule has 110 valence electrons. The van der Waals surface area contributed by atoms with Gasteiger partial charge in [0.2, 0.25) is 0 Å². The van der Waals surface area contributed by atoms with Crippen LogP contribution in [-0.4, -0.2) is 36.5 Å². The first-order valence-corrected chi connectivity index (χ1v) is 7.27. The van der Waals surface area contributed by atoms with E-state index in [4.69, 9.17) is 5.73 Å². The minimum absolute atomic E-state index is 0.0368. The summed E-state index contributed by atoms with van der Waals surface area (Å²) >= 11 is 0. The SMILES string of the molecule is Cc1cc(C)c(C(=O)NCC(C)N(C)C2CC2)cc1N. The number of benzene rings is 1. The largest absolute Gasteiger partial charge is 0.398 e. The lowest BCUT2D eigenvalue weighted by Crippen LogP contribution is -2.41. The summed E-state index contributed by atoms with van der Waals surface area (Å²) in [6, 6.07) is 4.80. The maximum Gasteiger partial charge on any atom is 0.251 e. The van der Waals surface area contributed by atoms with Crippen molar-refractivity contribution in [2.45, 2.75) is 45.7 Å². The van der Waals surface area contributed by atoms with E-state index in [9.17, 15) is 4.79 Å². The van der Waals surface area contributed by atoms with Crippen LogP contribution in [0.2, 0.25) is 0 Å². The van der Waals surface area contributed by atoms with Gasteiger partial charge in [0.25, 0.3) is 5.91 Å². The van der Waals surface area contributed by atoms with Crippen LogP contribution in [0.25, 0.3) is 0 Å². The average molecular weight is 275 g/mol. The number of anilines is 1. The normalized spacial score (nSPS) is 16.2. The summed E-state index contributed by atoms with van der Waals surface area (Å²) in [5, 5.41) is 3.01. The van der Waals surface area contributed by atoms with Crippen molar-refractivity contribution in [1.82, 2.24) is 10.2 Å². The molecule has 1 saturated carbocycles. The van der Waals surface area contributed by atoms with E-state index in [1.165, 1.54) is 12.8 Å². The molecule has 4 nitrogen and oxygen atoms in total. The molecular formula is C16H25N3O. The molecule has 1 unspecified atom stereocenters. The highest BCUT2D eigenvalue weighted by atomic mass is 16.1. The molecular weight excluding hydrogens is 250 g/mol. The number of rotatable bonds is 5. The summed E-state index contributed by atoms with van der Waals surface area (Å²) < 4.78 is 0. The van der Waals surface area contributed by atoms with Gasteiger partial charge in [-0.1, -0.05) is 6.07 Å². The lowest BCUT2D eigenvalue weighted by molar-refractivity contribution is 0.0939. The molecule has 0 heterocycles. The predicted octanol–water partition coefficient (Wildman–Crippen LogP) is 2.10. The molecule has 0 radical (unpaired) electrons. The van der Waals surface area contributed by atoms with E-state index in [1.807, 2.05) is 19.9 Å². The minimum Gasteiger partial charge on any atom is -0.398 e. The zero-order valence-electron chi connectivity index (χ0n) is 12.9. The van der Waals surface area contributed by atoms with E-state index in [0.717, 1.165) is 11.1 Å². The van der Waals surface area contributed by atoms with E-state index < -0.39 is 0 Å². The summed E-state index contributed by atoms with van der Waals surface area (Å²) in [5.74, 6) is -0.0368. The van der Waals surface area contributed by atoms with Crippen LogP contribution >= 0.6 is 0 Å². The van der Waals surface area contributed by atoms with Gasteiger partial charge in [0.05, 0.1) is 0 Å². The second-order valence-corrected chi connectivity index (χ2v) is 5.98. The summed E-state index contributed by atoms with van der Waals surface area (Å²) in [6.45, 7) is 6.71. The van der Waals surface area contributed by atoms with Gasteiger partial charge in [0, 0.05) is 29.9 Å². The third-order valence-corrected chi connectivity index (χ3v) is 4.23. The Bertz CT molecular complexity index is 509. The molecule has 1 aromatic rings. The molecule has 0 spiro atoms. The van der Waals surface area contributed by atoms with Crippen molar-refractivity contribution in [1.29, 1.82) is 0 Å². The molecule has 1 fully saturated rings. The van der Waals surface area contributed by atoms with Crippen LogP contribution in [0, 0.1) is 13.8 Å². The van der Waals surface area contributed by atoms with Crippen molar-refractivity contribution in [3.05, 3.63) is 28.8 Å². The smallest absolute Gasteiger partial charge is 0.251 e. The Kier molecular flexibility index (Phi) is 4.33. The first-order valence-electron chi connectivity index (χ1n) is 7.27. The van der Waals surface area contributed by atoms with E-state index in [2.05, 4.69) is 24.2 Å². The number of carbonyl (C=O) groups is 1. The Hall–Kier alpha value is -1.55. The van der Waals surface area contributed by atoms with Crippen molar-refractivity contribution < 1.29 is 4.79 Å². The summed E-state index contributed by atoms with van der Waals surface area (Å²) in [6.07, 6.45) is 2.56. The standard InChI is InChI=1S/C16H25N3O/c1-10-7-11(2)15(17)8-14(10)16(20)18-9-12(3)19(4)13-5-6-13/h7-8,12-13H,5-6,9,17H2,1-4H3,(H,18,20). The van der Waals surface area contributed by atoms with Gasteiger partial charge in [-0.2, -0.15) is 0 Å². The van der Waals surface area contributed by atoms with Gasteiger partial charge in [-0.15, -0.1) is 0 Å². The number of likely N-dealkylation sites (N-methyl/N-ethyl adjacent to an activating group) is 1. The second kappa shape index (κ2) is 5.83. The molecule has 0 bridgehead atoms. The van der Waals surface area contributed by atoms with Crippen molar-refractivity contribution in [3.63, 3.8) is 0 Å². The summed E-state index contributed by atoms with van der Waals surface area (Å²) in [5.41, 5.74) is 9.22. The lowest BCUT2D eigenvalue weighted by atomic mass is 10.0. The predicted molar refractivity (Wildman–Crippen MR) is 82.9 cm³/mol. The number of carbonyl (C=O) groups excluding carboxylic acids is 1. The van der Waals surface area contributed by atoms with E-state index in [1.54, 1.807) is 6.07 Å². The van der Waals surface area contributed by atoms with Gasteiger partial charge >= 0.3 is 0 Å². The Balaban J connectivity index is 1.96. The molecule has 20 heavy (non-hydrogen) atoms. The van der Waals surface area contributed by atoms with E-state index >= 15 is 0 Å². The van der Waals surface area contributed by atoms with Gasteiger partial charge in [-0.25, -0.2) is 0 Å². The van der Waals surface area contributed by atoms with Crippen molar-refractivity contribution in [2.24, 2.45) is 0 Å². The Morgan fingerprint density at radius 3 is 2.65 bits per heavy atom. The monoisotopic (exact) mass is 275 g/mol. The van der Waals surface area contributed by atoms with Gasteiger partial charge < -0.3 is 11.1 Å². The maximum absolute atomic E-state index is 12.3. The molecule has 0 aromatic heterocycles. The molecule has 4 heteroatoms. The zero-order chi connectivity index (χ0) is 14.9. The quantitative estimate of drug-likeness (QED) is 0.809.